The van der Waals surface area contributed by atoms with E-state index in [2.05, 4.69) is 27.1 Å². The smallest absolute Gasteiger partial charge is 0.271 e. The van der Waals surface area contributed by atoms with Gasteiger partial charge in [-0.2, -0.15) is 5.10 Å². The lowest BCUT2D eigenvalue weighted by Crippen LogP contribution is -2.49. The second kappa shape index (κ2) is 9.44. The molecule has 172 valence electrons. The predicted molar refractivity (Wildman–Crippen MR) is 128 cm³/mol. The normalized spacial score (nSPS) is 13.8. The maximum atomic E-state index is 12.8. The summed E-state index contributed by atoms with van der Waals surface area (Å²) < 4.78 is 1.77. The molecule has 1 aliphatic rings. The van der Waals surface area contributed by atoms with E-state index >= 15 is 0 Å². The van der Waals surface area contributed by atoms with Crippen LogP contribution in [0.4, 0.5) is 5.69 Å². The molecule has 1 aliphatic heterocycles. The number of nitrogens with zero attached hydrogens (tertiary/aromatic N) is 6. The van der Waals surface area contributed by atoms with Crippen LogP contribution in [0.5, 0.6) is 0 Å². The van der Waals surface area contributed by atoms with E-state index in [1.54, 1.807) is 31.0 Å². The minimum Gasteiger partial charge on any atom is -0.367 e. The SMILES string of the molecule is Cc1cc(C)n(CC(=O)N2CCN(c3ccccc3-c3ccc(C(=O)N(C)C)nc3)CC2)n1. The van der Waals surface area contributed by atoms with Crippen LogP contribution in [0.3, 0.4) is 0 Å². The lowest BCUT2D eigenvalue weighted by atomic mass is 10.0. The summed E-state index contributed by atoms with van der Waals surface area (Å²) in [5.74, 6) is -0.0180. The molecule has 0 N–H and O–H groups in total. The van der Waals surface area contributed by atoms with Gasteiger partial charge in [0.2, 0.25) is 5.91 Å². The van der Waals surface area contributed by atoms with Gasteiger partial charge in [-0.05, 0) is 32.0 Å². The molecule has 3 heterocycles. The van der Waals surface area contributed by atoms with Crippen molar-refractivity contribution in [3.05, 3.63) is 65.7 Å². The van der Waals surface area contributed by atoms with Crippen LogP contribution in [0.15, 0.2) is 48.7 Å². The second-order valence-electron chi connectivity index (χ2n) is 8.60. The number of aromatic nitrogens is 3. The number of rotatable bonds is 5. The molecule has 8 heteroatoms. The molecule has 8 nitrogen and oxygen atoms in total. The van der Waals surface area contributed by atoms with Gasteiger partial charge in [0.05, 0.1) is 5.69 Å². The molecule has 0 aliphatic carbocycles. The number of aryl methyl sites for hydroxylation is 2. The molecule has 1 fully saturated rings. The van der Waals surface area contributed by atoms with Gasteiger partial charge in [-0.1, -0.05) is 24.3 Å². The third-order valence-corrected chi connectivity index (χ3v) is 5.97. The summed E-state index contributed by atoms with van der Waals surface area (Å²) in [6.07, 6.45) is 1.75. The Hall–Kier alpha value is -3.68. The third-order valence-electron chi connectivity index (χ3n) is 5.97. The Kier molecular flexibility index (Phi) is 6.44. The van der Waals surface area contributed by atoms with Gasteiger partial charge in [0.15, 0.2) is 0 Å². The minimum absolute atomic E-state index is 0.0967. The van der Waals surface area contributed by atoms with Crippen molar-refractivity contribution in [2.45, 2.75) is 20.4 Å². The number of pyridine rings is 1. The van der Waals surface area contributed by atoms with Crippen molar-refractivity contribution in [3.63, 3.8) is 0 Å². The highest BCUT2D eigenvalue weighted by molar-refractivity contribution is 5.92. The first-order chi connectivity index (χ1) is 15.8. The van der Waals surface area contributed by atoms with Gasteiger partial charge in [0.1, 0.15) is 12.2 Å². The molecule has 0 atom stereocenters. The molecule has 33 heavy (non-hydrogen) atoms. The first-order valence-electron chi connectivity index (χ1n) is 11.1. The summed E-state index contributed by atoms with van der Waals surface area (Å²) in [6, 6.07) is 13.9. The third kappa shape index (κ3) is 4.89. The van der Waals surface area contributed by atoms with E-state index in [1.807, 2.05) is 43.0 Å². The Balaban J connectivity index is 1.44. The summed E-state index contributed by atoms with van der Waals surface area (Å²) in [5, 5.41) is 4.41. The van der Waals surface area contributed by atoms with Gasteiger partial charge in [0, 0.05) is 69.0 Å². The zero-order valence-corrected chi connectivity index (χ0v) is 19.7. The number of piperazine rings is 1. The molecular formula is C25H30N6O2. The second-order valence-corrected chi connectivity index (χ2v) is 8.60. The van der Waals surface area contributed by atoms with E-state index in [4.69, 9.17) is 0 Å². The van der Waals surface area contributed by atoms with Crippen LogP contribution < -0.4 is 4.90 Å². The minimum atomic E-state index is -0.115. The van der Waals surface area contributed by atoms with E-state index in [-0.39, 0.29) is 18.4 Å². The van der Waals surface area contributed by atoms with Crippen LogP contribution >= 0.6 is 0 Å². The molecular weight excluding hydrogens is 416 g/mol. The van der Waals surface area contributed by atoms with Crippen molar-refractivity contribution in [1.29, 1.82) is 0 Å². The summed E-state index contributed by atoms with van der Waals surface area (Å²) >= 11 is 0. The average Bonchev–Trinajstić information content (AvgIpc) is 3.15. The fraction of sp³-hybridized carbons (Fsp3) is 0.360. The number of carbonyl (C=O) groups is 2. The first-order valence-corrected chi connectivity index (χ1v) is 11.1. The van der Waals surface area contributed by atoms with Crippen molar-refractivity contribution in [3.8, 4) is 11.1 Å². The van der Waals surface area contributed by atoms with E-state index < -0.39 is 0 Å². The Labute approximate surface area is 194 Å². The van der Waals surface area contributed by atoms with Gasteiger partial charge in [-0.15, -0.1) is 0 Å². The maximum absolute atomic E-state index is 12.8. The largest absolute Gasteiger partial charge is 0.367 e. The van der Waals surface area contributed by atoms with E-state index in [0.717, 1.165) is 41.3 Å². The van der Waals surface area contributed by atoms with Crippen LogP contribution in [-0.4, -0.2) is 76.7 Å². The average molecular weight is 447 g/mol. The Bertz CT molecular complexity index is 1140. The summed E-state index contributed by atoms with van der Waals surface area (Å²) in [7, 11) is 3.43. The van der Waals surface area contributed by atoms with E-state index in [1.165, 1.54) is 4.90 Å². The van der Waals surface area contributed by atoms with Gasteiger partial charge in [-0.3, -0.25) is 19.3 Å². The molecule has 0 unspecified atom stereocenters. The summed E-state index contributed by atoms with van der Waals surface area (Å²) in [5.41, 5.74) is 5.49. The van der Waals surface area contributed by atoms with Crippen molar-refractivity contribution in [2.75, 3.05) is 45.2 Å². The molecule has 4 rings (SSSR count). The van der Waals surface area contributed by atoms with E-state index in [0.29, 0.717) is 18.8 Å². The van der Waals surface area contributed by atoms with Crippen molar-refractivity contribution in [2.24, 2.45) is 0 Å². The van der Waals surface area contributed by atoms with Gasteiger partial charge >= 0.3 is 0 Å². The van der Waals surface area contributed by atoms with Crippen molar-refractivity contribution >= 4 is 17.5 Å². The molecule has 0 saturated carbocycles. The molecule has 0 spiro atoms. The van der Waals surface area contributed by atoms with Crippen molar-refractivity contribution in [1.82, 2.24) is 24.6 Å². The van der Waals surface area contributed by atoms with E-state index in [9.17, 15) is 9.59 Å². The molecule has 2 amide bonds. The fourth-order valence-electron chi connectivity index (χ4n) is 4.16. The first kappa shape index (κ1) is 22.5. The summed E-state index contributed by atoms with van der Waals surface area (Å²) in [4.78, 5) is 35.1. The number of para-hydroxylation sites is 1. The maximum Gasteiger partial charge on any atom is 0.271 e. The molecule has 0 bridgehead atoms. The van der Waals surface area contributed by atoms with Crippen LogP contribution in [-0.2, 0) is 11.3 Å². The van der Waals surface area contributed by atoms with Crippen molar-refractivity contribution < 1.29 is 9.59 Å². The molecule has 2 aromatic heterocycles. The monoisotopic (exact) mass is 446 g/mol. The number of hydrogen-bond acceptors (Lipinski definition) is 5. The molecule has 3 aromatic rings. The lowest BCUT2D eigenvalue weighted by Gasteiger charge is -2.37. The number of amides is 2. The summed E-state index contributed by atoms with van der Waals surface area (Å²) in [6.45, 7) is 7.03. The Morgan fingerprint density at radius 3 is 2.33 bits per heavy atom. The fourth-order valence-corrected chi connectivity index (χ4v) is 4.16. The van der Waals surface area contributed by atoms with Crippen LogP contribution in [0.25, 0.3) is 11.1 Å². The Morgan fingerprint density at radius 1 is 1.00 bits per heavy atom. The number of carbonyl (C=O) groups excluding carboxylic acids is 2. The van der Waals surface area contributed by atoms with Crippen LogP contribution in [0, 0.1) is 13.8 Å². The highest BCUT2D eigenvalue weighted by Gasteiger charge is 2.23. The van der Waals surface area contributed by atoms with Gasteiger partial charge in [-0.25, -0.2) is 0 Å². The quantitative estimate of drug-likeness (QED) is 0.602. The number of anilines is 1. The standard InChI is InChI=1S/C25H30N6O2/c1-18-15-19(2)31(27-18)17-24(32)30-13-11-29(12-14-30)23-8-6-5-7-21(23)20-9-10-22(26-16-20)25(33)28(3)4/h5-10,15-16H,11-14,17H2,1-4H3. The van der Waals surface area contributed by atoms with Gasteiger partial charge < -0.3 is 14.7 Å². The Morgan fingerprint density at radius 2 is 1.73 bits per heavy atom. The van der Waals surface area contributed by atoms with Gasteiger partial charge in [0.25, 0.3) is 5.91 Å². The van der Waals surface area contributed by atoms with Crippen LogP contribution in [0.1, 0.15) is 21.9 Å². The lowest BCUT2D eigenvalue weighted by molar-refractivity contribution is -0.132. The zero-order valence-electron chi connectivity index (χ0n) is 19.7. The predicted octanol–water partition coefficient (Wildman–Crippen LogP) is 2.61. The topological polar surface area (TPSA) is 74.6 Å². The number of hydrogen-bond donors (Lipinski definition) is 0. The zero-order chi connectivity index (χ0) is 23.5. The molecule has 0 radical (unpaired) electrons. The highest BCUT2D eigenvalue weighted by atomic mass is 16.2. The number of benzene rings is 1. The molecule has 1 aromatic carbocycles. The highest BCUT2D eigenvalue weighted by Crippen LogP contribution is 2.31. The molecule has 1 saturated heterocycles. The van der Waals surface area contributed by atoms with Crippen LogP contribution in [0.2, 0.25) is 0 Å².